The van der Waals surface area contributed by atoms with Crippen LogP contribution >= 0.6 is 0 Å². The van der Waals surface area contributed by atoms with E-state index in [9.17, 15) is 4.79 Å². The Morgan fingerprint density at radius 3 is 2.55 bits per heavy atom. The fourth-order valence-corrected chi connectivity index (χ4v) is 2.35. The highest BCUT2D eigenvalue weighted by molar-refractivity contribution is 5.84. The molecule has 20 heavy (non-hydrogen) atoms. The lowest BCUT2D eigenvalue weighted by Crippen LogP contribution is -2.31. The zero-order valence-corrected chi connectivity index (χ0v) is 12.3. The van der Waals surface area contributed by atoms with Gasteiger partial charge in [0.05, 0.1) is 6.61 Å². The third-order valence-corrected chi connectivity index (χ3v) is 3.73. The summed E-state index contributed by atoms with van der Waals surface area (Å²) >= 11 is 0. The van der Waals surface area contributed by atoms with E-state index in [-0.39, 0.29) is 6.09 Å². The molecule has 0 unspecified atom stereocenters. The maximum absolute atomic E-state index is 11.7. The Morgan fingerprint density at radius 1 is 1.30 bits per heavy atom. The minimum Gasteiger partial charge on any atom is -0.449 e. The van der Waals surface area contributed by atoms with Gasteiger partial charge in [0.1, 0.15) is 0 Å². The van der Waals surface area contributed by atoms with Crippen molar-refractivity contribution in [1.29, 1.82) is 0 Å². The summed E-state index contributed by atoms with van der Waals surface area (Å²) in [4.78, 5) is 11.7. The maximum atomic E-state index is 11.7. The largest absolute Gasteiger partial charge is 0.449 e. The van der Waals surface area contributed by atoms with Crippen molar-refractivity contribution in [2.75, 3.05) is 25.0 Å². The minimum absolute atomic E-state index is 0.360. The number of piperidine rings is 1. The van der Waals surface area contributed by atoms with Gasteiger partial charge in [-0.2, -0.15) is 0 Å². The quantitative estimate of drug-likeness (QED) is 0.886. The number of ether oxygens (including phenoxy) is 1. The minimum atomic E-state index is -0.360. The first-order valence-electron chi connectivity index (χ1n) is 7.39. The van der Waals surface area contributed by atoms with Crippen LogP contribution in [0.1, 0.15) is 38.2 Å². The lowest BCUT2D eigenvalue weighted by atomic mass is 9.99. The van der Waals surface area contributed by atoms with Crippen molar-refractivity contribution in [3.05, 3.63) is 29.8 Å². The predicted octanol–water partition coefficient (Wildman–Crippen LogP) is 3.36. The molecule has 0 atom stereocenters. The highest BCUT2D eigenvalue weighted by Gasteiger charge is 2.15. The van der Waals surface area contributed by atoms with Crippen LogP contribution in [-0.2, 0) is 4.74 Å². The SMILES string of the molecule is CC(C)c1ccc(NC(=O)OCC2CCNCC2)cc1. The van der Waals surface area contributed by atoms with Crippen LogP contribution in [0.4, 0.5) is 10.5 Å². The highest BCUT2D eigenvalue weighted by Crippen LogP contribution is 2.17. The van der Waals surface area contributed by atoms with Gasteiger partial charge in [-0.15, -0.1) is 0 Å². The molecule has 1 aromatic rings. The number of hydrogen-bond acceptors (Lipinski definition) is 3. The third-order valence-electron chi connectivity index (χ3n) is 3.73. The summed E-state index contributed by atoms with van der Waals surface area (Å²) < 4.78 is 5.29. The molecule has 0 saturated carbocycles. The Hall–Kier alpha value is -1.55. The second-order valence-corrected chi connectivity index (χ2v) is 5.69. The zero-order chi connectivity index (χ0) is 14.4. The molecule has 0 aliphatic carbocycles. The Bertz CT molecular complexity index is 423. The molecule has 4 nitrogen and oxygen atoms in total. The molecule has 1 aromatic carbocycles. The first-order valence-corrected chi connectivity index (χ1v) is 7.39. The number of hydrogen-bond donors (Lipinski definition) is 2. The molecule has 1 saturated heterocycles. The van der Waals surface area contributed by atoms with Crippen LogP contribution in [0.3, 0.4) is 0 Å². The molecule has 1 aliphatic rings. The number of carbonyl (C=O) groups excluding carboxylic acids is 1. The molecule has 0 bridgehead atoms. The molecule has 1 heterocycles. The van der Waals surface area contributed by atoms with Gasteiger partial charge in [-0.25, -0.2) is 4.79 Å². The first kappa shape index (κ1) is 14.9. The topological polar surface area (TPSA) is 50.4 Å². The van der Waals surface area contributed by atoms with E-state index in [0.29, 0.717) is 18.4 Å². The van der Waals surface area contributed by atoms with Gasteiger partial charge >= 0.3 is 6.09 Å². The molecular weight excluding hydrogens is 252 g/mol. The van der Waals surface area contributed by atoms with Crippen LogP contribution in [-0.4, -0.2) is 25.8 Å². The predicted molar refractivity (Wildman–Crippen MR) is 81.1 cm³/mol. The normalized spacial score (nSPS) is 16.1. The van der Waals surface area contributed by atoms with E-state index in [1.54, 1.807) is 0 Å². The molecule has 4 heteroatoms. The van der Waals surface area contributed by atoms with Crippen LogP contribution in [0.25, 0.3) is 0 Å². The maximum Gasteiger partial charge on any atom is 0.411 e. The van der Waals surface area contributed by atoms with Gasteiger partial charge in [-0.1, -0.05) is 26.0 Å². The summed E-state index contributed by atoms with van der Waals surface area (Å²) in [5.74, 6) is 0.987. The Morgan fingerprint density at radius 2 is 1.95 bits per heavy atom. The Kier molecular flexibility index (Phi) is 5.41. The Balaban J connectivity index is 1.75. The number of amides is 1. The molecule has 1 aliphatic heterocycles. The number of rotatable bonds is 4. The van der Waals surface area contributed by atoms with Crippen molar-refractivity contribution in [3.8, 4) is 0 Å². The van der Waals surface area contributed by atoms with Crippen LogP contribution < -0.4 is 10.6 Å². The highest BCUT2D eigenvalue weighted by atomic mass is 16.5. The number of benzene rings is 1. The van der Waals surface area contributed by atoms with Crippen molar-refractivity contribution >= 4 is 11.8 Å². The summed E-state index contributed by atoms with van der Waals surface area (Å²) in [5, 5.41) is 6.07. The van der Waals surface area contributed by atoms with Crippen molar-refractivity contribution < 1.29 is 9.53 Å². The second-order valence-electron chi connectivity index (χ2n) is 5.69. The second kappa shape index (κ2) is 7.29. The molecule has 0 radical (unpaired) electrons. The monoisotopic (exact) mass is 276 g/mol. The van der Waals surface area contributed by atoms with Crippen molar-refractivity contribution in [2.24, 2.45) is 5.92 Å². The van der Waals surface area contributed by atoms with Gasteiger partial charge in [0, 0.05) is 5.69 Å². The summed E-state index contributed by atoms with van der Waals surface area (Å²) in [5.41, 5.74) is 2.04. The van der Waals surface area contributed by atoms with E-state index in [0.717, 1.165) is 31.6 Å². The first-order chi connectivity index (χ1) is 9.65. The molecule has 0 spiro atoms. The standard InChI is InChI=1S/C16H24N2O2/c1-12(2)14-3-5-15(6-4-14)18-16(19)20-11-13-7-9-17-10-8-13/h3-6,12-13,17H,7-11H2,1-2H3,(H,18,19). The molecule has 1 fully saturated rings. The summed E-state index contributed by atoms with van der Waals surface area (Å²) in [6, 6.07) is 7.91. The summed E-state index contributed by atoms with van der Waals surface area (Å²) in [6.45, 7) is 6.85. The van der Waals surface area contributed by atoms with Crippen molar-refractivity contribution in [2.45, 2.75) is 32.6 Å². The molecule has 0 aromatic heterocycles. The summed E-state index contributed by atoms with van der Waals surface area (Å²) in [7, 11) is 0. The van der Waals surface area contributed by atoms with Gasteiger partial charge in [-0.3, -0.25) is 5.32 Å². The molecule has 2 rings (SSSR count). The number of nitrogens with one attached hydrogen (secondary N) is 2. The van der Waals surface area contributed by atoms with Gasteiger partial charge in [0.2, 0.25) is 0 Å². The van der Waals surface area contributed by atoms with Crippen LogP contribution in [0.15, 0.2) is 24.3 Å². The van der Waals surface area contributed by atoms with Gasteiger partial charge < -0.3 is 10.1 Å². The average molecular weight is 276 g/mol. The van der Waals surface area contributed by atoms with E-state index in [2.05, 4.69) is 24.5 Å². The van der Waals surface area contributed by atoms with Crippen LogP contribution in [0.5, 0.6) is 0 Å². The lowest BCUT2D eigenvalue weighted by Gasteiger charge is -2.22. The Labute approximate surface area is 120 Å². The number of anilines is 1. The fraction of sp³-hybridized carbons (Fsp3) is 0.562. The third kappa shape index (κ3) is 4.53. The smallest absolute Gasteiger partial charge is 0.411 e. The van der Waals surface area contributed by atoms with Gasteiger partial charge in [-0.05, 0) is 55.5 Å². The van der Waals surface area contributed by atoms with Crippen molar-refractivity contribution in [3.63, 3.8) is 0 Å². The van der Waals surface area contributed by atoms with E-state index < -0.39 is 0 Å². The molecule has 2 N–H and O–H groups in total. The zero-order valence-electron chi connectivity index (χ0n) is 12.3. The lowest BCUT2D eigenvalue weighted by molar-refractivity contribution is 0.131. The van der Waals surface area contributed by atoms with E-state index in [1.807, 2.05) is 24.3 Å². The fourth-order valence-electron chi connectivity index (χ4n) is 2.35. The van der Waals surface area contributed by atoms with Crippen LogP contribution in [0, 0.1) is 5.92 Å². The molecular formula is C16H24N2O2. The molecule has 1 amide bonds. The van der Waals surface area contributed by atoms with E-state index >= 15 is 0 Å². The number of carbonyl (C=O) groups is 1. The van der Waals surface area contributed by atoms with Crippen LogP contribution in [0.2, 0.25) is 0 Å². The van der Waals surface area contributed by atoms with Gasteiger partial charge in [0.15, 0.2) is 0 Å². The average Bonchev–Trinajstić information content (AvgIpc) is 2.47. The van der Waals surface area contributed by atoms with Gasteiger partial charge in [0.25, 0.3) is 0 Å². The van der Waals surface area contributed by atoms with E-state index in [1.165, 1.54) is 5.56 Å². The van der Waals surface area contributed by atoms with E-state index in [4.69, 9.17) is 4.74 Å². The molecule has 110 valence electrons. The summed E-state index contributed by atoms with van der Waals surface area (Å²) in [6.07, 6.45) is 1.80. The van der Waals surface area contributed by atoms with Crippen molar-refractivity contribution in [1.82, 2.24) is 5.32 Å².